The summed E-state index contributed by atoms with van der Waals surface area (Å²) in [6.07, 6.45) is 2.79. The highest BCUT2D eigenvalue weighted by atomic mass is 32.2. The number of hydrogen-bond donors (Lipinski definition) is 0. The van der Waals surface area contributed by atoms with Crippen LogP contribution >= 0.6 is 11.8 Å². The van der Waals surface area contributed by atoms with Crippen LogP contribution in [-0.2, 0) is 13.0 Å². The van der Waals surface area contributed by atoms with Crippen LogP contribution in [0.1, 0.15) is 11.3 Å². The van der Waals surface area contributed by atoms with Gasteiger partial charge in [-0.25, -0.2) is 4.98 Å². The summed E-state index contributed by atoms with van der Waals surface area (Å²) >= 11 is 1.51. The number of thioether (sulfide) groups is 1. The van der Waals surface area contributed by atoms with Gasteiger partial charge in [-0.05, 0) is 25.2 Å². The largest absolute Gasteiger partial charge is 0.287 e. The smallest absolute Gasteiger partial charge is 0.254 e. The topological polar surface area (TPSA) is 34.9 Å². The van der Waals surface area contributed by atoms with Crippen molar-refractivity contribution in [2.24, 2.45) is 0 Å². The zero-order chi connectivity index (χ0) is 13.0. The van der Waals surface area contributed by atoms with E-state index in [-0.39, 0.29) is 5.56 Å². The quantitative estimate of drug-likeness (QED) is 0.626. The Bertz CT molecular complexity index is 578. The van der Waals surface area contributed by atoms with Gasteiger partial charge in [0.1, 0.15) is 0 Å². The molecule has 0 atom stereocenters. The van der Waals surface area contributed by atoms with Crippen molar-refractivity contribution in [1.29, 1.82) is 0 Å². The Balaban J connectivity index is 2.22. The zero-order valence-electron chi connectivity index (χ0n) is 10.6. The first-order chi connectivity index (χ1) is 8.70. The Kier molecular flexibility index (Phi) is 4.20. The molecule has 0 saturated carbocycles. The van der Waals surface area contributed by atoms with Crippen LogP contribution in [0.4, 0.5) is 0 Å². The number of nitrogens with zero attached hydrogens (tertiary/aromatic N) is 2. The average Bonchev–Trinajstić information content (AvgIpc) is 2.38. The first kappa shape index (κ1) is 12.9. The summed E-state index contributed by atoms with van der Waals surface area (Å²) in [6, 6.07) is 11.8. The Labute approximate surface area is 111 Å². The van der Waals surface area contributed by atoms with Crippen molar-refractivity contribution in [1.82, 2.24) is 9.55 Å². The maximum Gasteiger partial charge on any atom is 0.254 e. The van der Waals surface area contributed by atoms with E-state index in [1.54, 1.807) is 10.6 Å². The molecule has 0 N–H and O–H groups in total. The Hall–Kier alpha value is -1.55. The molecule has 1 aromatic heterocycles. The van der Waals surface area contributed by atoms with Gasteiger partial charge in [0.05, 0.1) is 0 Å². The summed E-state index contributed by atoms with van der Waals surface area (Å²) < 4.78 is 1.74. The van der Waals surface area contributed by atoms with Crippen LogP contribution in [0.3, 0.4) is 0 Å². The van der Waals surface area contributed by atoms with E-state index in [0.717, 1.165) is 17.3 Å². The van der Waals surface area contributed by atoms with Crippen molar-refractivity contribution in [3.8, 4) is 0 Å². The van der Waals surface area contributed by atoms with Gasteiger partial charge in [-0.1, -0.05) is 42.1 Å². The lowest BCUT2D eigenvalue weighted by atomic mass is 10.1. The van der Waals surface area contributed by atoms with Gasteiger partial charge in [0.25, 0.3) is 5.56 Å². The highest BCUT2D eigenvalue weighted by Gasteiger charge is 2.05. The fourth-order valence-corrected chi connectivity index (χ4v) is 2.48. The number of hydrogen-bond acceptors (Lipinski definition) is 3. The molecular formula is C14H16N2OS. The number of aromatic nitrogens is 2. The fraction of sp³-hybridized carbons (Fsp3) is 0.286. The highest BCUT2D eigenvalue weighted by Crippen LogP contribution is 2.11. The fourth-order valence-electron chi connectivity index (χ4n) is 1.84. The molecule has 18 heavy (non-hydrogen) atoms. The van der Waals surface area contributed by atoms with Crippen LogP contribution < -0.4 is 5.56 Å². The van der Waals surface area contributed by atoms with E-state index in [1.807, 2.05) is 31.4 Å². The molecule has 0 saturated heterocycles. The monoisotopic (exact) mass is 260 g/mol. The number of rotatable bonds is 4. The lowest BCUT2D eigenvalue weighted by Gasteiger charge is -2.10. The average molecular weight is 260 g/mol. The Morgan fingerprint density at radius 1 is 1.28 bits per heavy atom. The summed E-state index contributed by atoms with van der Waals surface area (Å²) in [4.78, 5) is 16.3. The molecule has 0 aliphatic heterocycles. The van der Waals surface area contributed by atoms with Crippen LogP contribution in [0.5, 0.6) is 0 Å². The van der Waals surface area contributed by atoms with Crippen LogP contribution in [0.2, 0.25) is 0 Å². The molecule has 0 unspecified atom stereocenters. The summed E-state index contributed by atoms with van der Waals surface area (Å²) in [5.41, 5.74) is 2.04. The van der Waals surface area contributed by atoms with Gasteiger partial charge in [0.2, 0.25) is 0 Å². The second-order valence-electron chi connectivity index (χ2n) is 4.11. The normalized spacial score (nSPS) is 10.6. The summed E-state index contributed by atoms with van der Waals surface area (Å²) in [6.45, 7) is 2.52. The van der Waals surface area contributed by atoms with Crippen molar-refractivity contribution >= 4 is 11.8 Å². The SMILES string of the molecule is CSc1nc(C)cc(=O)n1CCc1ccccc1. The van der Waals surface area contributed by atoms with Crippen molar-refractivity contribution in [2.45, 2.75) is 25.0 Å². The summed E-state index contributed by atoms with van der Waals surface area (Å²) in [5.74, 6) is 0. The van der Waals surface area contributed by atoms with E-state index in [9.17, 15) is 4.79 Å². The minimum absolute atomic E-state index is 0.0304. The van der Waals surface area contributed by atoms with Gasteiger partial charge < -0.3 is 0 Å². The number of benzene rings is 1. The molecule has 2 rings (SSSR count). The molecule has 2 aromatic rings. The maximum absolute atomic E-state index is 12.0. The zero-order valence-corrected chi connectivity index (χ0v) is 11.4. The molecule has 0 aliphatic carbocycles. The van der Waals surface area contributed by atoms with Crippen molar-refractivity contribution in [3.05, 3.63) is 58.0 Å². The molecule has 1 heterocycles. The van der Waals surface area contributed by atoms with Crippen molar-refractivity contribution < 1.29 is 0 Å². The third-order valence-corrected chi connectivity index (χ3v) is 3.43. The molecule has 0 fully saturated rings. The van der Waals surface area contributed by atoms with E-state index < -0.39 is 0 Å². The Morgan fingerprint density at radius 2 is 2.00 bits per heavy atom. The molecule has 1 aromatic carbocycles. The maximum atomic E-state index is 12.0. The van der Waals surface area contributed by atoms with E-state index in [0.29, 0.717) is 6.54 Å². The number of aryl methyl sites for hydroxylation is 2. The van der Waals surface area contributed by atoms with Crippen LogP contribution in [-0.4, -0.2) is 15.8 Å². The molecule has 94 valence electrons. The van der Waals surface area contributed by atoms with Gasteiger partial charge in [0, 0.05) is 18.3 Å². The third kappa shape index (κ3) is 3.01. The van der Waals surface area contributed by atoms with Gasteiger partial charge in [-0.15, -0.1) is 0 Å². The molecule has 0 aliphatic rings. The van der Waals surface area contributed by atoms with E-state index in [2.05, 4.69) is 17.1 Å². The minimum atomic E-state index is 0.0304. The molecule has 0 bridgehead atoms. The van der Waals surface area contributed by atoms with Gasteiger partial charge in [0.15, 0.2) is 5.16 Å². The van der Waals surface area contributed by atoms with E-state index in [4.69, 9.17) is 0 Å². The second-order valence-corrected chi connectivity index (χ2v) is 4.88. The minimum Gasteiger partial charge on any atom is -0.287 e. The summed E-state index contributed by atoms with van der Waals surface area (Å²) in [5, 5.41) is 0.788. The van der Waals surface area contributed by atoms with Gasteiger partial charge >= 0.3 is 0 Å². The summed E-state index contributed by atoms with van der Waals surface area (Å²) in [7, 11) is 0. The highest BCUT2D eigenvalue weighted by molar-refractivity contribution is 7.98. The molecular weight excluding hydrogens is 244 g/mol. The van der Waals surface area contributed by atoms with E-state index >= 15 is 0 Å². The van der Waals surface area contributed by atoms with Gasteiger partial charge in [-0.2, -0.15) is 0 Å². The molecule has 3 nitrogen and oxygen atoms in total. The van der Waals surface area contributed by atoms with Gasteiger partial charge in [-0.3, -0.25) is 9.36 Å². The molecule has 4 heteroatoms. The van der Waals surface area contributed by atoms with Crippen LogP contribution in [0.25, 0.3) is 0 Å². The van der Waals surface area contributed by atoms with E-state index in [1.165, 1.54) is 17.3 Å². The Morgan fingerprint density at radius 3 is 2.67 bits per heavy atom. The predicted octanol–water partition coefficient (Wildman–Crippen LogP) is 2.52. The van der Waals surface area contributed by atoms with Crippen LogP contribution in [0, 0.1) is 6.92 Å². The van der Waals surface area contributed by atoms with Crippen LogP contribution in [0.15, 0.2) is 46.3 Å². The predicted molar refractivity (Wildman–Crippen MR) is 75.2 cm³/mol. The first-order valence-electron chi connectivity index (χ1n) is 5.87. The lowest BCUT2D eigenvalue weighted by molar-refractivity contribution is 0.582. The lowest BCUT2D eigenvalue weighted by Crippen LogP contribution is -2.23. The second kappa shape index (κ2) is 5.87. The standard InChI is InChI=1S/C14H16N2OS/c1-11-10-13(17)16(14(15-11)18-2)9-8-12-6-4-3-5-7-12/h3-7,10H,8-9H2,1-2H3. The molecule has 0 spiro atoms. The third-order valence-electron chi connectivity index (χ3n) is 2.75. The molecule has 0 radical (unpaired) electrons. The van der Waals surface area contributed by atoms with Crippen molar-refractivity contribution in [2.75, 3.05) is 6.26 Å². The molecule has 0 amide bonds. The first-order valence-corrected chi connectivity index (χ1v) is 7.09. The van der Waals surface area contributed by atoms with Crippen molar-refractivity contribution in [3.63, 3.8) is 0 Å².